The quantitative estimate of drug-likeness (QED) is 0.355. The molecule has 0 N–H and O–H groups in total. The maximum Gasteiger partial charge on any atom is 0.189 e. The number of fused-ring (bicyclic) bond motifs is 1. The van der Waals surface area contributed by atoms with Gasteiger partial charge < -0.3 is 0 Å². The van der Waals surface area contributed by atoms with E-state index in [0.29, 0.717) is 5.69 Å². The molecule has 0 unspecified atom stereocenters. The first-order valence-electron chi connectivity index (χ1n) is 9.10. The number of pyridine rings is 1. The second kappa shape index (κ2) is 8.16. The van der Waals surface area contributed by atoms with Crippen molar-refractivity contribution in [1.82, 2.24) is 4.98 Å². The van der Waals surface area contributed by atoms with E-state index in [9.17, 15) is 0 Å². The van der Waals surface area contributed by atoms with Crippen molar-refractivity contribution in [1.29, 1.82) is 0 Å². The predicted octanol–water partition coefficient (Wildman–Crippen LogP) is 7.13. The maximum atomic E-state index is 7.28. The molecule has 0 bridgehead atoms. The van der Waals surface area contributed by atoms with Crippen molar-refractivity contribution in [3.63, 3.8) is 0 Å². The summed E-state index contributed by atoms with van der Waals surface area (Å²) >= 11 is 0. The van der Waals surface area contributed by atoms with Gasteiger partial charge in [0.05, 0.1) is 17.8 Å². The molecular formula is C26H18N2. The molecule has 2 nitrogen and oxygen atoms in total. The normalized spacial score (nSPS) is 11.2. The summed E-state index contributed by atoms with van der Waals surface area (Å²) in [4.78, 5) is 8.29. The van der Waals surface area contributed by atoms with Gasteiger partial charge >= 0.3 is 0 Å². The zero-order valence-corrected chi connectivity index (χ0v) is 15.3. The lowest BCUT2D eigenvalue weighted by atomic mass is 10.0. The molecule has 4 rings (SSSR count). The van der Waals surface area contributed by atoms with Gasteiger partial charge in [-0.2, -0.15) is 0 Å². The summed E-state index contributed by atoms with van der Waals surface area (Å²) in [6, 6.07) is 28.1. The van der Waals surface area contributed by atoms with E-state index < -0.39 is 0 Å². The Morgan fingerprint density at radius 2 is 1.32 bits per heavy atom. The molecule has 0 aliphatic carbocycles. The van der Waals surface area contributed by atoms with Gasteiger partial charge in [-0.15, -0.1) is 0 Å². The van der Waals surface area contributed by atoms with Gasteiger partial charge in [-0.05, 0) is 34.9 Å². The van der Waals surface area contributed by atoms with Crippen LogP contribution in [0, 0.1) is 6.57 Å². The number of aromatic nitrogens is 1. The molecule has 0 spiro atoms. The first-order valence-corrected chi connectivity index (χ1v) is 9.10. The molecular weight excluding hydrogens is 340 g/mol. The predicted molar refractivity (Wildman–Crippen MR) is 119 cm³/mol. The monoisotopic (exact) mass is 358 g/mol. The second-order valence-electron chi connectivity index (χ2n) is 6.44. The Hall–Kier alpha value is -3.96. The molecule has 0 fully saturated rings. The highest BCUT2D eigenvalue weighted by molar-refractivity contribution is 5.93. The third-order valence-electron chi connectivity index (χ3n) is 4.48. The molecule has 0 aliphatic rings. The van der Waals surface area contributed by atoms with Crippen LogP contribution < -0.4 is 0 Å². The summed E-state index contributed by atoms with van der Waals surface area (Å²) in [5.74, 6) is 0. The molecule has 4 aromatic rings. The minimum absolute atomic E-state index is 0.599. The van der Waals surface area contributed by atoms with E-state index in [-0.39, 0.29) is 0 Å². The largest absolute Gasteiger partial charge is 0.250 e. The van der Waals surface area contributed by atoms with Gasteiger partial charge in [-0.25, -0.2) is 9.83 Å². The summed E-state index contributed by atoms with van der Waals surface area (Å²) in [5.41, 5.74) is 5.65. The van der Waals surface area contributed by atoms with Crippen LogP contribution in [0.5, 0.6) is 0 Å². The maximum absolute atomic E-state index is 7.28. The summed E-state index contributed by atoms with van der Waals surface area (Å²) in [6.45, 7) is 7.28. The van der Waals surface area contributed by atoms with Gasteiger partial charge in [0.1, 0.15) is 0 Å². The lowest BCUT2D eigenvalue weighted by Gasteiger charge is -2.06. The average molecular weight is 358 g/mol. The summed E-state index contributed by atoms with van der Waals surface area (Å²) < 4.78 is 0. The highest BCUT2D eigenvalue weighted by atomic mass is 14.7. The average Bonchev–Trinajstić information content (AvgIpc) is 2.77. The fourth-order valence-electron chi connectivity index (χ4n) is 3.05. The van der Waals surface area contributed by atoms with Crippen molar-refractivity contribution >= 4 is 40.9 Å². The van der Waals surface area contributed by atoms with Crippen LogP contribution in [0.2, 0.25) is 0 Å². The molecule has 0 atom stereocenters. The lowest BCUT2D eigenvalue weighted by molar-refractivity contribution is 1.37. The fourth-order valence-corrected chi connectivity index (χ4v) is 3.05. The fraction of sp³-hybridized carbons (Fsp3) is 0. The van der Waals surface area contributed by atoms with Crippen LogP contribution in [0.15, 0.2) is 84.9 Å². The topological polar surface area (TPSA) is 17.2 Å². The van der Waals surface area contributed by atoms with Crippen molar-refractivity contribution in [2.75, 3.05) is 0 Å². The Morgan fingerprint density at radius 1 is 0.679 bits per heavy atom. The molecule has 0 aliphatic heterocycles. The zero-order chi connectivity index (χ0) is 19.2. The van der Waals surface area contributed by atoms with E-state index in [1.807, 2.05) is 60.7 Å². The van der Waals surface area contributed by atoms with Crippen LogP contribution in [-0.4, -0.2) is 4.98 Å². The molecule has 0 amide bonds. The van der Waals surface area contributed by atoms with Gasteiger partial charge in [0.25, 0.3) is 0 Å². The standard InChI is InChI=1S/C26H18N2/c1-27-23-16-17-25-22(14-12-20-8-4-2-5-9-20)18-24(28-26(25)19-23)15-13-21-10-6-3-7-11-21/h2-19H. The Morgan fingerprint density at radius 3 is 1.96 bits per heavy atom. The minimum Gasteiger partial charge on any atom is -0.250 e. The Bertz CT molecular complexity index is 1200. The Balaban J connectivity index is 1.79. The molecule has 0 radical (unpaired) electrons. The molecule has 1 heterocycles. The van der Waals surface area contributed by atoms with Gasteiger partial charge in [0.15, 0.2) is 5.69 Å². The van der Waals surface area contributed by atoms with Crippen LogP contribution in [0.25, 0.3) is 40.1 Å². The Kier molecular flexibility index (Phi) is 5.09. The molecule has 3 aromatic carbocycles. The molecule has 28 heavy (non-hydrogen) atoms. The van der Waals surface area contributed by atoms with Crippen molar-refractivity contribution in [2.24, 2.45) is 0 Å². The molecule has 132 valence electrons. The van der Waals surface area contributed by atoms with Crippen LogP contribution in [-0.2, 0) is 0 Å². The molecule has 0 saturated carbocycles. The van der Waals surface area contributed by atoms with Crippen molar-refractivity contribution in [3.8, 4) is 0 Å². The highest BCUT2D eigenvalue weighted by Gasteiger charge is 2.04. The van der Waals surface area contributed by atoms with E-state index in [4.69, 9.17) is 11.6 Å². The third-order valence-corrected chi connectivity index (χ3v) is 4.48. The van der Waals surface area contributed by atoms with Gasteiger partial charge in [-0.3, -0.25) is 0 Å². The summed E-state index contributed by atoms with van der Waals surface area (Å²) in [5, 5.41) is 1.04. The van der Waals surface area contributed by atoms with Gasteiger partial charge in [-0.1, -0.05) is 91.0 Å². The third kappa shape index (κ3) is 4.06. The first-order chi connectivity index (χ1) is 13.8. The number of hydrogen-bond acceptors (Lipinski definition) is 1. The van der Waals surface area contributed by atoms with Crippen LogP contribution in [0.3, 0.4) is 0 Å². The number of hydrogen-bond donors (Lipinski definition) is 0. The van der Waals surface area contributed by atoms with Crippen molar-refractivity contribution < 1.29 is 0 Å². The summed E-state index contributed by atoms with van der Waals surface area (Å²) in [7, 11) is 0. The molecule has 2 heteroatoms. The number of nitrogens with zero attached hydrogens (tertiary/aromatic N) is 2. The van der Waals surface area contributed by atoms with Crippen molar-refractivity contribution in [2.45, 2.75) is 0 Å². The van der Waals surface area contributed by atoms with Crippen LogP contribution in [0.1, 0.15) is 22.4 Å². The second-order valence-corrected chi connectivity index (χ2v) is 6.44. The number of benzene rings is 3. The van der Waals surface area contributed by atoms with E-state index in [2.05, 4.69) is 53.4 Å². The molecule has 0 saturated heterocycles. The highest BCUT2D eigenvalue weighted by Crippen LogP contribution is 2.26. The molecule has 1 aromatic heterocycles. The summed E-state index contributed by atoms with van der Waals surface area (Å²) in [6.07, 6.45) is 8.27. The minimum atomic E-state index is 0.599. The van der Waals surface area contributed by atoms with E-state index >= 15 is 0 Å². The first kappa shape index (κ1) is 17.5. The van der Waals surface area contributed by atoms with Crippen LogP contribution in [0.4, 0.5) is 5.69 Å². The van der Waals surface area contributed by atoms with E-state index in [1.54, 1.807) is 0 Å². The van der Waals surface area contributed by atoms with Gasteiger partial charge in [0.2, 0.25) is 0 Å². The van der Waals surface area contributed by atoms with Gasteiger partial charge in [0, 0.05) is 5.39 Å². The Labute approximate surface area is 164 Å². The lowest BCUT2D eigenvalue weighted by Crippen LogP contribution is -1.88. The number of rotatable bonds is 4. The smallest absolute Gasteiger partial charge is 0.189 e. The van der Waals surface area contributed by atoms with Crippen molar-refractivity contribution in [3.05, 3.63) is 119 Å². The zero-order valence-electron chi connectivity index (χ0n) is 15.3. The SMILES string of the molecule is [C-]#[N+]c1ccc2c(C=Cc3ccccc3)cc(C=Cc3ccccc3)nc2c1. The van der Waals surface area contributed by atoms with E-state index in [1.165, 1.54) is 0 Å². The van der Waals surface area contributed by atoms with E-state index in [0.717, 1.165) is 33.3 Å². The van der Waals surface area contributed by atoms with Crippen LogP contribution >= 0.6 is 0 Å².